The van der Waals surface area contributed by atoms with Crippen LogP contribution in [0.4, 0.5) is 5.69 Å². The Hall–Kier alpha value is -1.88. The van der Waals surface area contributed by atoms with Gasteiger partial charge in [-0.2, -0.15) is 0 Å². The molecule has 1 aromatic carbocycles. The van der Waals surface area contributed by atoms with Crippen LogP contribution in [0.5, 0.6) is 5.75 Å². The number of carbonyl (C=O) groups excluding carboxylic acids is 1. The molecular weight excluding hydrogens is 308 g/mol. The van der Waals surface area contributed by atoms with Crippen LogP contribution in [0.25, 0.3) is 0 Å². The van der Waals surface area contributed by atoms with Crippen molar-refractivity contribution >= 4 is 27.4 Å². The molecule has 2 aromatic rings. The topological polar surface area (TPSA) is 65.2 Å². The molecule has 4 nitrogen and oxygen atoms in total. The normalized spacial score (nSPS) is 10.2. The number of halogens is 1. The number of ether oxygens (including phenoxy) is 1. The highest BCUT2D eigenvalue weighted by Crippen LogP contribution is 2.21. The Bertz CT molecular complexity index is 597. The van der Waals surface area contributed by atoms with Crippen molar-refractivity contribution in [1.29, 1.82) is 0 Å². The molecule has 2 rings (SSSR count). The lowest BCUT2D eigenvalue weighted by Gasteiger charge is -2.07. The number of hydrogen-bond donors (Lipinski definition) is 1. The van der Waals surface area contributed by atoms with Gasteiger partial charge in [-0.1, -0.05) is 0 Å². The first-order valence-electron chi connectivity index (χ1n) is 5.67. The van der Waals surface area contributed by atoms with Crippen molar-refractivity contribution < 1.29 is 9.53 Å². The summed E-state index contributed by atoms with van der Waals surface area (Å²) < 4.78 is 5.93. The van der Waals surface area contributed by atoms with E-state index in [0.29, 0.717) is 22.7 Å². The Morgan fingerprint density at radius 3 is 2.74 bits per heavy atom. The monoisotopic (exact) mass is 320 g/mol. The van der Waals surface area contributed by atoms with Gasteiger partial charge >= 0.3 is 0 Å². The molecule has 0 bridgehead atoms. The zero-order valence-corrected chi connectivity index (χ0v) is 12.0. The molecule has 0 saturated carbocycles. The van der Waals surface area contributed by atoms with Crippen molar-refractivity contribution in [3.05, 3.63) is 52.3 Å². The number of nitrogen functional groups attached to an aromatic ring is 1. The second-order valence-electron chi connectivity index (χ2n) is 4.02. The number of nitrogens with zero attached hydrogens (tertiary/aromatic N) is 1. The number of benzene rings is 1. The summed E-state index contributed by atoms with van der Waals surface area (Å²) >= 11 is 3.30. The Balaban J connectivity index is 2.18. The number of ketones is 1. The van der Waals surface area contributed by atoms with E-state index >= 15 is 0 Å². The summed E-state index contributed by atoms with van der Waals surface area (Å²) in [6, 6.07) is 8.70. The molecule has 0 atom stereocenters. The Kier molecular flexibility index (Phi) is 4.16. The van der Waals surface area contributed by atoms with Gasteiger partial charge in [0.15, 0.2) is 5.78 Å². The minimum absolute atomic E-state index is 0.0602. The van der Waals surface area contributed by atoms with Crippen LogP contribution < -0.4 is 10.5 Å². The minimum atomic E-state index is -0.0602. The Morgan fingerprint density at radius 1 is 1.37 bits per heavy atom. The molecular formula is C14H13BrN2O2. The molecule has 0 unspecified atom stereocenters. The van der Waals surface area contributed by atoms with Gasteiger partial charge in [-0.05, 0) is 40.2 Å². The van der Waals surface area contributed by atoms with Crippen molar-refractivity contribution in [2.45, 2.75) is 6.42 Å². The van der Waals surface area contributed by atoms with E-state index in [2.05, 4.69) is 20.9 Å². The van der Waals surface area contributed by atoms with Gasteiger partial charge in [0.25, 0.3) is 0 Å². The molecule has 5 heteroatoms. The summed E-state index contributed by atoms with van der Waals surface area (Å²) in [5, 5.41) is 0. The fraction of sp³-hybridized carbons (Fsp3) is 0.143. The molecule has 98 valence electrons. The molecule has 2 N–H and O–H groups in total. The van der Waals surface area contributed by atoms with E-state index in [1.165, 1.54) is 0 Å². The van der Waals surface area contributed by atoms with Crippen LogP contribution in [0.2, 0.25) is 0 Å². The molecule has 0 amide bonds. The van der Waals surface area contributed by atoms with Crippen LogP contribution in [0.15, 0.2) is 41.0 Å². The molecule has 0 spiro atoms. The summed E-state index contributed by atoms with van der Waals surface area (Å²) in [6.07, 6.45) is 1.89. The second-order valence-corrected chi connectivity index (χ2v) is 4.94. The Labute approximate surface area is 119 Å². The fourth-order valence-electron chi connectivity index (χ4n) is 1.69. The van der Waals surface area contributed by atoms with Crippen LogP contribution in [0.3, 0.4) is 0 Å². The van der Waals surface area contributed by atoms with E-state index in [1.54, 1.807) is 31.5 Å². The first-order valence-corrected chi connectivity index (χ1v) is 6.46. The van der Waals surface area contributed by atoms with Gasteiger partial charge in [-0.3, -0.25) is 9.78 Å². The molecule has 0 fully saturated rings. The van der Waals surface area contributed by atoms with Crippen LogP contribution in [0, 0.1) is 0 Å². The number of methoxy groups -OCH3 is 1. The molecule has 1 heterocycles. The predicted molar refractivity (Wildman–Crippen MR) is 77.4 cm³/mol. The van der Waals surface area contributed by atoms with Crippen molar-refractivity contribution in [3.63, 3.8) is 0 Å². The van der Waals surface area contributed by atoms with Crippen molar-refractivity contribution in [2.24, 2.45) is 0 Å². The van der Waals surface area contributed by atoms with Gasteiger partial charge in [0.2, 0.25) is 0 Å². The maximum absolute atomic E-state index is 12.1. The molecule has 0 radical (unpaired) electrons. The number of Topliss-reactive ketones (excluding diaryl/α,β-unsaturated/α-hetero) is 1. The highest BCUT2D eigenvalue weighted by atomic mass is 79.9. The molecule has 0 aliphatic carbocycles. The van der Waals surface area contributed by atoms with Crippen LogP contribution in [0.1, 0.15) is 16.1 Å². The number of hydrogen-bond acceptors (Lipinski definition) is 4. The summed E-state index contributed by atoms with van der Waals surface area (Å²) in [7, 11) is 1.56. The van der Waals surface area contributed by atoms with E-state index in [1.807, 2.05) is 12.1 Å². The first kappa shape index (κ1) is 13.5. The zero-order chi connectivity index (χ0) is 13.8. The Morgan fingerprint density at radius 2 is 2.16 bits per heavy atom. The summed E-state index contributed by atoms with van der Waals surface area (Å²) in [5.74, 6) is 0.575. The van der Waals surface area contributed by atoms with E-state index in [0.717, 1.165) is 4.47 Å². The van der Waals surface area contributed by atoms with E-state index in [9.17, 15) is 4.79 Å². The molecule has 0 saturated heterocycles. The van der Waals surface area contributed by atoms with Gasteiger partial charge in [0.05, 0.1) is 13.5 Å². The third-order valence-corrected chi connectivity index (χ3v) is 3.16. The largest absolute Gasteiger partial charge is 0.497 e. The SMILES string of the molecule is COc1ccc(C(=O)Cc2ccc(Br)cn2)c(N)c1. The van der Waals surface area contributed by atoms with Crippen LogP contribution >= 0.6 is 15.9 Å². The highest BCUT2D eigenvalue weighted by Gasteiger charge is 2.12. The summed E-state index contributed by atoms with van der Waals surface area (Å²) in [6.45, 7) is 0. The zero-order valence-electron chi connectivity index (χ0n) is 10.4. The first-order chi connectivity index (χ1) is 9.10. The van der Waals surface area contributed by atoms with E-state index in [4.69, 9.17) is 10.5 Å². The number of pyridine rings is 1. The number of carbonyl (C=O) groups is 1. The maximum atomic E-state index is 12.1. The van der Waals surface area contributed by atoms with E-state index in [-0.39, 0.29) is 12.2 Å². The van der Waals surface area contributed by atoms with Gasteiger partial charge in [0.1, 0.15) is 5.75 Å². The molecule has 19 heavy (non-hydrogen) atoms. The lowest BCUT2D eigenvalue weighted by atomic mass is 10.0. The molecule has 1 aromatic heterocycles. The van der Waals surface area contributed by atoms with Gasteiger partial charge in [-0.15, -0.1) is 0 Å². The van der Waals surface area contributed by atoms with Crippen LogP contribution in [-0.2, 0) is 6.42 Å². The van der Waals surface area contributed by atoms with Crippen molar-refractivity contribution in [3.8, 4) is 5.75 Å². The number of nitrogens with two attached hydrogens (primary N) is 1. The quantitative estimate of drug-likeness (QED) is 0.695. The smallest absolute Gasteiger partial charge is 0.170 e. The van der Waals surface area contributed by atoms with Crippen molar-refractivity contribution in [2.75, 3.05) is 12.8 Å². The van der Waals surface area contributed by atoms with Crippen LogP contribution in [-0.4, -0.2) is 17.9 Å². The van der Waals surface area contributed by atoms with Crippen molar-refractivity contribution in [1.82, 2.24) is 4.98 Å². The average molecular weight is 321 g/mol. The third kappa shape index (κ3) is 3.32. The summed E-state index contributed by atoms with van der Waals surface area (Å²) in [5.41, 5.74) is 7.47. The lowest BCUT2D eigenvalue weighted by molar-refractivity contribution is 0.0993. The third-order valence-electron chi connectivity index (χ3n) is 2.69. The lowest BCUT2D eigenvalue weighted by Crippen LogP contribution is -2.08. The van der Waals surface area contributed by atoms with Gasteiger partial charge in [0, 0.05) is 33.7 Å². The minimum Gasteiger partial charge on any atom is -0.497 e. The summed E-state index contributed by atoms with van der Waals surface area (Å²) in [4.78, 5) is 16.3. The number of aromatic nitrogens is 1. The molecule has 0 aliphatic heterocycles. The predicted octanol–water partition coefficient (Wildman–Crippen LogP) is 2.86. The standard InChI is InChI=1S/C14H13BrN2O2/c1-19-11-4-5-12(13(16)7-11)14(18)6-10-3-2-9(15)8-17-10/h2-5,7-8H,6,16H2,1H3. The second kappa shape index (κ2) is 5.84. The highest BCUT2D eigenvalue weighted by molar-refractivity contribution is 9.10. The maximum Gasteiger partial charge on any atom is 0.170 e. The number of anilines is 1. The fourth-order valence-corrected chi connectivity index (χ4v) is 1.93. The van der Waals surface area contributed by atoms with Gasteiger partial charge in [-0.25, -0.2) is 0 Å². The average Bonchev–Trinajstić information content (AvgIpc) is 2.41. The number of rotatable bonds is 4. The van der Waals surface area contributed by atoms with E-state index < -0.39 is 0 Å². The molecule has 0 aliphatic rings. The van der Waals surface area contributed by atoms with Gasteiger partial charge < -0.3 is 10.5 Å².